The molecule has 1 rings (SSSR count). The van der Waals surface area contributed by atoms with Crippen LogP contribution in [0.1, 0.15) is 39.5 Å². The second kappa shape index (κ2) is 7.86. The smallest absolute Gasteiger partial charge is 0.150 e. The van der Waals surface area contributed by atoms with E-state index in [1.807, 2.05) is 0 Å². The van der Waals surface area contributed by atoms with E-state index in [9.17, 15) is 9.59 Å². The van der Waals surface area contributed by atoms with Gasteiger partial charge in [-0.25, -0.2) is 5.01 Å². The highest BCUT2D eigenvalue weighted by Crippen LogP contribution is 2.16. The number of Topliss-reactive ketones (excluding diaryl/α,β-unsaturated/α-hetero) is 2. The highest BCUT2D eigenvalue weighted by Gasteiger charge is 2.22. The molecular formula is C12H20N2O2S2. The number of carbonyl (C=O) groups excluding carboxylic acids is 2. The van der Waals surface area contributed by atoms with Gasteiger partial charge in [0.15, 0.2) is 11.6 Å². The average Bonchev–Trinajstić information content (AvgIpc) is 2.53. The zero-order valence-corrected chi connectivity index (χ0v) is 12.5. The molecule has 0 unspecified atom stereocenters. The summed E-state index contributed by atoms with van der Waals surface area (Å²) in [5.41, 5.74) is 3.12. The molecule has 1 aliphatic rings. The third-order valence-electron chi connectivity index (χ3n) is 2.82. The minimum absolute atomic E-state index is 0.146. The number of nitrogens with one attached hydrogen (secondary N) is 1. The summed E-state index contributed by atoms with van der Waals surface area (Å²) in [6.45, 7) is 4.78. The van der Waals surface area contributed by atoms with E-state index < -0.39 is 5.25 Å². The van der Waals surface area contributed by atoms with Gasteiger partial charge in [-0.15, -0.1) is 0 Å². The molecule has 0 bridgehead atoms. The van der Waals surface area contributed by atoms with Crippen molar-refractivity contribution in [3.63, 3.8) is 0 Å². The van der Waals surface area contributed by atoms with Crippen molar-refractivity contribution in [2.75, 3.05) is 13.1 Å². The minimum atomic E-state index is -0.669. The van der Waals surface area contributed by atoms with Crippen LogP contribution in [0, 0.1) is 0 Å². The lowest BCUT2D eigenvalue weighted by molar-refractivity contribution is -0.123. The topological polar surface area (TPSA) is 49.4 Å². The molecule has 0 saturated carbocycles. The van der Waals surface area contributed by atoms with Crippen molar-refractivity contribution < 1.29 is 9.59 Å². The summed E-state index contributed by atoms with van der Waals surface area (Å²) < 4.78 is 0.507. The standard InChI is InChI=1S/C12H20N2O2S2/c1-9(15)11(10(2)16)18-12(17)13-14-7-5-3-4-6-8-14/h11H,3-8H2,1-2H3,(H,13,17). The zero-order valence-electron chi connectivity index (χ0n) is 10.9. The van der Waals surface area contributed by atoms with Crippen molar-refractivity contribution >= 4 is 39.9 Å². The van der Waals surface area contributed by atoms with Crippen LogP contribution in [-0.4, -0.2) is 39.2 Å². The summed E-state index contributed by atoms with van der Waals surface area (Å²) in [4.78, 5) is 22.7. The number of nitrogens with zero attached hydrogens (tertiary/aromatic N) is 1. The lowest BCUT2D eigenvalue weighted by Crippen LogP contribution is -2.42. The number of ketones is 2. The fourth-order valence-corrected chi connectivity index (χ4v) is 3.04. The van der Waals surface area contributed by atoms with Crippen molar-refractivity contribution in [2.45, 2.75) is 44.8 Å². The van der Waals surface area contributed by atoms with Crippen LogP contribution in [0.4, 0.5) is 0 Å². The molecule has 0 amide bonds. The summed E-state index contributed by atoms with van der Waals surface area (Å²) in [7, 11) is 0. The Kier molecular flexibility index (Phi) is 6.81. The Hall–Kier alpha value is -0.460. The molecule has 6 heteroatoms. The molecule has 0 aromatic heterocycles. The van der Waals surface area contributed by atoms with Crippen molar-refractivity contribution in [3.05, 3.63) is 0 Å². The Morgan fingerprint density at radius 1 is 1.11 bits per heavy atom. The van der Waals surface area contributed by atoms with Gasteiger partial charge in [-0.1, -0.05) is 36.8 Å². The quantitative estimate of drug-likeness (QED) is 0.630. The van der Waals surface area contributed by atoms with Crippen LogP contribution in [-0.2, 0) is 9.59 Å². The van der Waals surface area contributed by atoms with Crippen LogP contribution >= 0.6 is 24.0 Å². The van der Waals surface area contributed by atoms with Crippen molar-refractivity contribution in [2.24, 2.45) is 0 Å². The van der Waals surface area contributed by atoms with Gasteiger partial charge >= 0.3 is 0 Å². The van der Waals surface area contributed by atoms with Crippen LogP contribution in [0.2, 0.25) is 0 Å². The largest absolute Gasteiger partial charge is 0.304 e. The first-order chi connectivity index (χ1) is 8.50. The van der Waals surface area contributed by atoms with Gasteiger partial charge in [0, 0.05) is 13.1 Å². The molecule has 102 valence electrons. The van der Waals surface area contributed by atoms with E-state index in [0.29, 0.717) is 4.32 Å². The minimum Gasteiger partial charge on any atom is -0.304 e. The number of hydrogen-bond acceptors (Lipinski definition) is 5. The number of hydrogen-bond donors (Lipinski definition) is 1. The Morgan fingerprint density at radius 3 is 2.06 bits per heavy atom. The van der Waals surface area contributed by atoms with Crippen LogP contribution in [0.3, 0.4) is 0 Å². The summed E-state index contributed by atoms with van der Waals surface area (Å²) in [6.07, 6.45) is 4.81. The summed E-state index contributed by atoms with van der Waals surface area (Å²) in [6, 6.07) is 0. The predicted molar refractivity (Wildman–Crippen MR) is 78.5 cm³/mol. The maximum Gasteiger partial charge on any atom is 0.150 e. The molecule has 1 aliphatic heterocycles. The molecule has 1 N–H and O–H groups in total. The van der Waals surface area contributed by atoms with Gasteiger partial charge in [-0.3, -0.25) is 9.59 Å². The first-order valence-corrected chi connectivity index (χ1v) is 7.52. The van der Waals surface area contributed by atoms with Crippen molar-refractivity contribution in [1.29, 1.82) is 0 Å². The van der Waals surface area contributed by atoms with E-state index in [1.54, 1.807) is 0 Å². The average molecular weight is 288 g/mol. The number of carbonyl (C=O) groups is 2. The van der Waals surface area contributed by atoms with E-state index in [-0.39, 0.29) is 11.6 Å². The first-order valence-electron chi connectivity index (χ1n) is 6.24. The molecule has 18 heavy (non-hydrogen) atoms. The zero-order chi connectivity index (χ0) is 13.5. The summed E-state index contributed by atoms with van der Waals surface area (Å²) in [5.74, 6) is -0.292. The highest BCUT2D eigenvalue weighted by atomic mass is 32.2. The molecule has 1 heterocycles. The Morgan fingerprint density at radius 2 is 1.61 bits per heavy atom. The van der Waals surface area contributed by atoms with E-state index >= 15 is 0 Å². The van der Waals surface area contributed by atoms with Crippen molar-refractivity contribution in [3.8, 4) is 0 Å². The van der Waals surface area contributed by atoms with Gasteiger partial charge in [-0.05, 0) is 26.7 Å². The maximum atomic E-state index is 11.3. The second-order valence-electron chi connectivity index (χ2n) is 4.52. The van der Waals surface area contributed by atoms with Crippen LogP contribution in [0.15, 0.2) is 0 Å². The highest BCUT2D eigenvalue weighted by molar-refractivity contribution is 8.24. The molecule has 4 nitrogen and oxygen atoms in total. The van der Waals surface area contributed by atoms with E-state index in [1.165, 1.54) is 26.7 Å². The van der Waals surface area contributed by atoms with Gasteiger partial charge in [0.25, 0.3) is 0 Å². The molecule has 0 aromatic rings. The first kappa shape index (κ1) is 15.6. The fraction of sp³-hybridized carbons (Fsp3) is 0.750. The van der Waals surface area contributed by atoms with Gasteiger partial charge in [0.05, 0.1) is 0 Å². The molecular weight excluding hydrogens is 268 g/mol. The van der Waals surface area contributed by atoms with Gasteiger partial charge < -0.3 is 5.43 Å². The number of hydrazine groups is 1. The third-order valence-corrected chi connectivity index (χ3v) is 4.40. The molecule has 0 aromatic carbocycles. The van der Waals surface area contributed by atoms with Crippen LogP contribution in [0.5, 0.6) is 0 Å². The summed E-state index contributed by atoms with van der Waals surface area (Å²) >= 11 is 6.34. The number of rotatable bonds is 4. The van der Waals surface area contributed by atoms with E-state index in [0.717, 1.165) is 37.7 Å². The third kappa shape index (κ3) is 5.46. The molecule has 0 atom stereocenters. The summed E-state index contributed by atoms with van der Waals surface area (Å²) in [5, 5.41) is 1.41. The molecule has 0 spiro atoms. The Labute approximate surface area is 118 Å². The monoisotopic (exact) mass is 288 g/mol. The van der Waals surface area contributed by atoms with Crippen molar-refractivity contribution in [1.82, 2.24) is 10.4 Å². The lowest BCUT2D eigenvalue weighted by Gasteiger charge is -2.23. The number of thiocarbonyl (C=S) groups is 1. The van der Waals surface area contributed by atoms with Gasteiger partial charge in [0.2, 0.25) is 0 Å². The maximum absolute atomic E-state index is 11.3. The predicted octanol–water partition coefficient (Wildman–Crippen LogP) is 1.93. The molecule has 1 fully saturated rings. The lowest BCUT2D eigenvalue weighted by atomic mass is 10.2. The number of thioether (sulfide) groups is 1. The fourth-order valence-electron chi connectivity index (χ4n) is 1.90. The van der Waals surface area contributed by atoms with Crippen LogP contribution in [0.25, 0.3) is 0 Å². The second-order valence-corrected chi connectivity index (χ2v) is 6.30. The normalized spacial score (nSPS) is 17.3. The molecule has 1 saturated heterocycles. The van der Waals surface area contributed by atoms with E-state index in [4.69, 9.17) is 12.2 Å². The Bertz CT molecular complexity index is 312. The SMILES string of the molecule is CC(=O)C(SC(=S)NN1CCCCCC1)C(C)=O. The van der Waals surface area contributed by atoms with Gasteiger partial charge in [-0.2, -0.15) is 0 Å². The van der Waals surface area contributed by atoms with Crippen LogP contribution < -0.4 is 5.43 Å². The van der Waals surface area contributed by atoms with E-state index in [2.05, 4.69) is 10.4 Å². The molecule has 0 radical (unpaired) electrons. The van der Waals surface area contributed by atoms with Gasteiger partial charge in [0.1, 0.15) is 9.57 Å². The molecule has 0 aliphatic carbocycles. The Balaban J connectivity index is 2.44.